The minimum atomic E-state index is -0.293. The van der Waals surface area contributed by atoms with Crippen molar-refractivity contribution in [2.24, 2.45) is 11.8 Å². The molecule has 2 saturated heterocycles. The van der Waals surface area contributed by atoms with Crippen molar-refractivity contribution >= 4 is 44.0 Å². The number of benzene rings is 2. The molecule has 2 aromatic rings. The quantitative estimate of drug-likeness (QED) is 0.306. The molecule has 2 heterocycles. The molecule has 252 valence electrons. The Morgan fingerprint density at radius 1 is 0.652 bits per heavy atom. The van der Waals surface area contributed by atoms with Gasteiger partial charge in [0.25, 0.3) is 0 Å². The predicted molar refractivity (Wildman–Crippen MR) is 184 cm³/mol. The van der Waals surface area contributed by atoms with Gasteiger partial charge < -0.3 is 29.5 Å². The summed E-state index contributed by atoms with van der Waals surface area (Å²) in [6.45, 7) is 6.06. The Balaban J connectivity index is 0.000000181. The molecule has 0 unspecified atom stereocenters. The first-order chi connectivity index (χ1) is 22.1. The van der Waals surface area contributed by atoms with Gasteiger partial charge in [0.2, 0.25) is 0 Å². The van der Waals surface area contributed by atoms with Crippen molar-refractivity contribution in [1.82, 2.24) is 9.80 Å². The monoisotopic (exact) mass is 762 g/mol. The summed E-state index contributed by atoms with van der Waals surface area (Å²) in [6.07, 6.45) is 8.69. The van der Waals surface area contributed by atoms with E-state index in [-0.39, 0.29) is 48.7 Å². The van der Waals surface area contributed by atoms with Gasteiger partial charge in [0.05, 0.1) is 12.1 Å². The molecule has 2 N–H and O–H groups in total. The SMILES string of the molecule is C[C@@H](c1ccc(Br)cc1)N1CCC2(CCC(CO)CC2)OC1=O.C[C@@H](c1ccc(Br)cc1)N1CCC2(CCC(CO)CC2)OC1=O. The standard InChI is InChI=1S/2C18H24BrNO3/c2*1-13(15-2-4-16(19)5-3-15)20-11-10-18(23-17(20)22)8-6-14(12-21)7-9-18/h2*2-5,13-14,21H,6-12H2,1H3/t2*13-,14?,18?/m00/s1. The van der Waals surface area contributed by atoms with E-state index in [0.717, 1.165) is 97.4 Å². The van der Waals surface area contributed by atoms with Gasteiger partial charge in [0, 0.05) is 48.1 Å². The maximum atomic E-state index is 12.5. The number of halogens is 2. The molecule has 2 atom stereocenters. The number of nitrogens with zero attached hydrogens (tertiary/aromatic N) is 2. The Morgan fingerprint density at radius 2 is 0.978 bits per heavy atom. The van der Waals surface area contributed by atoms with Crippen LogP contribution in [0.25, 0.3) is 0 Å². The predicted octanol–water partition coefficient (Wildman–Crippen LogP) is 8.55. The Morgan fingerprint density at radius 3 is 1.26 bits per heavy atom. The summed E-state index contributed by atoms with van der Waals surface area (Å²) in [5.41, 5.74) is 1.65. The van der Waals surface area contributed by atoms with Gasteiger partial charge in [-0.2, -0.15) is 0 Å². The van der Waals surface area contributed by atoms with Crippen LogP contribution in [0.3, 0.4) is 0 Å². The molecule has 2 aliphatic heterocycles. The van der Waals surface area contributed by atoms with Crippen LogP contribution in [0.2, 0.25) is 0 Å². The van der Waals surface area contributed by atoms with Gasteiger partial charge in [0.1, 0.15) is 11.2 Å². The average molecular weight is 765 g/mol. The smallest absolute Gasteiger partial charge is 0.410 e. The minimum absolute atomic E-state index is 0.0155. The first kappa shape index (κ1) is 35.2. The van der Waals surface area contributed by atoms with Crippen LogP contribution in [0.5, 0.6) is 0 Å². The molecule has 6 rings (SSSR count). The highest BCUT2D eigenvalue weighted by Gasteiger charge is 2.45. The molecule has 0 radical (unpaired) electrons. The summed E-state index contributed by atoms with van der Waals surface area (Å²) < 4.78 is 13.8. The average Bonchev–Trinajstić information content (AvgIpc) is 3.06. The number of amides is 2. The molecular weight excluding hydrogens is 716 g/mol. The van der Waals surface area contributed by atoms with E-state index in [0.29, 0.717) is 11.8 Å². The summed E-state index contributed by atoms with van der Waals surface area (Å²) in [5, 5.41) is 18.5. The first-order valence-corrected chi connectivity index (χ1v) is 18.4. The van der Waals surface area contributed by atoms with Gasteiger partial charge in [-0.15, -0.1) is 0 Å². The van der Waals surface area contributed by atoms with Gasteiger partial charge in [0.15, 0.2) is 0 Å². The highest BCUT2D eigenvalue weighted by molar-refractivity contribution is 9.10. The molecule has 0 aromatic heterocycles. The van der Waals surface area contributed by atoms with E-state index < -0.39 is 0 Å². The number of hydrogen-bond donors (Lipinski definition) is 2. The third-order valence-corrected chi connectivity index (χ3v) is 11.9. The van der Waals surface area contributed by atoms with Crippen molar-refractivity contribution in [2.45, 2.75) is 101 Å². The summed E-state index contributed by atoms with van der Waals surface area (Å²) in [4.78, 5) is 28.7. The highest BCUT2D eigenvalue weighted by Crippen LogP contribution is 2.43. The second-order valence-corrected chi connectivity index (χ2v) is 15.5. The molecular formula is C36H48Br2N2O6. The van der Waals surface area contributed by atoms with Crippen molar-refractivity contribution < 1.29 is 29.3 Å². The van der Waals surface area contributed by atoms with Crippen LogP contribution >= 0.6 is 31.9 Å². The van der Waals surface area contributed by atoms with Crippen LogP contribution in [0.15, 0.2) is 57.5 Å². The number of carbonyl (C=O) groups is 2. The molecule has 2 amide bonds. The van der Waals surface area contributed by atoms with Gasteiger partial charge in [-0.3, -0.25) is 0 Å². The fraction of sp³-hybridized carbons (Fsp3) is 0.611. The summed E-state index contributed by atoms with van der Waals surface area (Å²) in [5.74, 6) is 0.748. The van der Waals surface area contributed by atoms with Crippen molar-refractivity contribution in [3.8, 4) is 0 Å². The molecule has 8 nitrogen and oxygen atoms in total. The van der Waals surface area contributed by atoms with E-state index in [1.165, 1.54) is 0 Å². The first-order valence-electron chi connectivity index (χ1n) is 16.8. The lowest BCUT2D eigenvalue weighted by molar-refractivity contribution is -0.0849. The maximum Gasteiger partial charge on any atom is 0.410 e. The van der Waals surface area contributed by atoms with Gasteiger partial charge in [-0.1, -0.05) is 56.1 Å². The van der Waals surface area contributed by atoms with E-state index in [4.69, 9.17) is 9.47 Å². The summed E-state index contributed by atoms with van der Waals surface area (Å²) in [7, 11) is 0. The molecule has 2 spiro atoms. The highest BCUT2D eigenvalue weighted by atomic mass is 79.9. The Labute approximate surface area is 290 Å². The zero-order valence-electron chi connectivity index (χ0n) is 27.0. The normalized spacial score (nSPS) is 29.4. The Hall–Kier alpha value is -2.14. The second kappa shape index (κ2) is 15.4. The Kier molecular flexibility index (Phi) is 11.8. The lowest BCUT2D eigenvalue weighted by Gasteiger charge is -2.46. The summed E-state index contributed by atoms with van der Waals surface area (Å²) in [6, 6.07) is 16.2. The van der Waals surface area contributed by atoms with Crippen LogP contribution in [-0.4, -0.2) is 69.7 Å². The van der Waals surface area contributed by atoms with Gasteiger partial charge >= 0.3 is 12.2 Å². The van der Waals surface area contributed by atoms with E-state index in [9.17, 15) is 19.8 Å². The molecule has 0 bridgehead atoms. The van der Waals surface area contributed by atoms with Crippen LogP contribution in [0.1, 0.15) is 101 Å². The van der Waals surface area contributed by atoms with E-state index in [1.807, 2.05) is 72.2 Å². The minimum Gasteiger partial charge on any atom is -0.443 e. The van der Waals surface area contributed by atoms with Gasteiger partial charge in [-0.05, 0) is 112 Å². The molecule has 46 heavy (non-hydrogen) atoms. The third-order valence-electron chi connectivity index (χ3n) is 10.9. The molecule has 4 fully saturated rings. The van der Waals surface area contributed by atoms with Crippen LogP contribution in [0.4, 0.5) is 9.59 Å². The topological polar surface area (TPSA) is 99.5 Å². The Bertz CT molecular complexity index is 1210. The number of carbonyl (C=O) groups excluding carboxylic acids is 2. The largest absolute Gasteiger partial charge is 0.443 e. The van der Waals surface area contributed by atoms with E-state index in [1.54, 1.807) is 0 Å². The number of aliphatic hydroxyl groups excluding tert-OH is 2. The maximum absolute atomic E-state index is 12.5. The second-order valence-electron chi connectivity index (χ2n) is 13.7. The van der Waals surface area contributed by atoms with Crippen LogP contribution in [0, 0.1) is 11.8 Å². The van der Waals surface area contributed by atoms with Crippen LogP contribution in [-0.2, 0) is 9.47 Å². The van der Waals surface area contributed by atoms with Crippen molar-refractivity contribution in [2.75, 3.05) is 26.3 Å². The van der Waals surface area contributed by atoms with Crippen molar-refractivity contribution in [1.29, 1.82) is 0 Å². The van der Waals surface area contributed by atoms with Crippen molar-refractivity contribution in [3.05, 3.63) is 68.6 Å². The van der Waals surface area contributed by atoms with E-state index >= 15 is 0 Å². The summed E-state index contributed by atoms with van der Waals surface area (Å²) >= 11 is 6.88. The fourth-order valence-corrected chi connectivity index (χ4v) is 7.97. The molecule has 2 aromatic carbocycles. The number of hydrogen-bond acceptors (Lipinski definition) is 6. The lowest BCUT2D eigenvalue weighted by atomic mass is 9.76. The fourth-order valence-electron chi connectivity index (χ4n) is 7.44. The zero-order chi connectivity index (χ0) is 32.9. The molecule has 4 aliphatic rings. The van der Waals surface area contributed by atoms with E-state index in [2.05, 4.69) is 31.9 Å². The molecule has 2 saturated carbocycles. The van der Waals surface area contributed by atoms with Crippen molar-refractivity contribution in [3.63, 3.8) is 0 Å². The lowest BCUT2D eigenvalue weighted by Crippen LogP contribution is -2.51. The van der Waals surface area contributed by atoms with Crippen LogP contribution < -0.4 is 0 Å². The number of aliphatic hydroxyl groups is 2. The third kappa shape index (κ3) is 8.28. The molecule has 10 heteroatoms. The number of ether oxygens (including phenoxy) is 2. The molecule has 2 aliphatic carbocycles. The van der Waals surface area contributed by atoms with Gasteiger partial charge in [-0.25, -0.2) is 9.59 Å². The zero-order valence-corrected chi connectivity index (χ0v) is 30.2. The number of rotatable bonds is 6.